The Balaban J connectivity index is 2.33. The number of nitrogens with zero attached hydrogens (tertiary/aromatic N) is 5. The number of aromatic nitrogens is 1. The fraction of sp³-hybridized carbons (Fsp3) is 0.429. The molecule has 1 aromatic carbocycles. The summed E-state index contributed by atoms with van der Waals surface area (Å²) in [6.45, 7) is 5.55. The van der Waals surface area contributed by atoms with Gasteiger partial charge < -0.3 is 20.7 Å². The number of benzene rings is 1. The highest BCUT2D eigenvalue weighted by molar-refractivity contribution is 5.95. The number of azo groups is 1. The summed E-state index contributed by atoms with van der Waals surface area (Å²) < 4.78 is 1.03. The second kappa shape index (κ2) is 10.4. The van der Waals surface area contributed by atoms with Crippen molar-refractivity contribution in [3.8, 4) is 5.88 Å². The van der Waals surface area contributed by atoms with Gasteiger partial charge in [-0.3, -0.25) is 9.59 Å². The van der Waals surface area contributed by atoms with Crippen LogP contribution < -0.4 is 16.3 Å². The summed E-state index contributed by atoms with van der Waals surface area (Å²) in [5.74, 6) is -0.458. The summed E-state index contributed by atoms with van der Waals surface area (Å²) in [5, 5.41) is 19.9. The summed E-state index contributed by atoms with van der Waals surface area (Å²) in [5.41, 5.74) is 6.32. The zero-order valence-corrected chi connectivity index (χ0v) is 18.0. The van der Waals surface area contributed by atoms with E-state index in [0.29, 0.717) is 24.3 Å². The summed E-state index contributed by atoms with van der Waals surface area (Å²) in [7, 11) is 3.21. The third-order valence-electron chi connectivity index (χ3n) is 4.49. The van der Waals surface area contributed by atoms with E-state index in [9.17, 15) is 14.7 Å². The van der Waals surface area contributed by atoms with Gasteiger partial charge >= 0.3 is 0 Å². The standard InChI is InChI=1S/C21H30N6O3/c1-5-7-12-26(11-6-2)20(29)15-9-8-10-16(13-15)23-24-19-17(22)14-18(28)27(21(19)30)25(3)4/h8-10,13-14,30H,5-7,11-12,22H2,1-4H3. The van der Waals surface area contributed by atoms with E-state index in [1.54, 1.807) is 38.4 Å². The summed E-state index contributed by atoms with van der Waals surface area (Å²) >= 11 is 0. The molecule has 2 aromatic rings. The number of hydrogen-bond donors (Lipinski definition) is 2. The largest absolute Gasteiger partial charge is 0.492 e. The highest BCUT2D eigenvalue weighted by Gasteiger charge is 2.16. The number of anilines is 1. The van der Waals surface area contributed by atoms with Crippen molar-refractivity contribution >= 4 is 23.0 Å². The third-order valence-corrected chi connectivity index (χ3v) is 4.49. The average Bonchev–Trinajstić information content (AvgIpc) is 2.70. The summed E-state index contributed by atoms with van der Waals surface area (Å²) in [4.78, 5) is 26.7. The molecule has 0 atom stereocenters. The van der Waals surface area contributed by atoms with Crippen LogP contribution in [0.1, 0.15) is 43.5 Å². The Morgan fingerprint density at radius 2 is 1.87 bits per heavy atom. The number of nitrogens with two attached hydrogens (primary N) is 1. The molecule has 9 heteroatoms. The number of carbonyl (C=O) groups excluding carboxylic acids is 1. The molecule has 3 N–H and O–H groups in total. The fourth-order valence-corrected chi connectivity index (χ4v) is 3.01. The minimum Gasteiger partial charge on any atom is -0.492 e. The zero-order chi connectivity index (χ0) is 22.3. The highest BCUT2D eigenvalue weighted by atomic mass is 16.3. The predicted molar refractivity (Wildman–Crippen MR) is 119 cm³/mol. The highest BCUT2D eigenvalue weighted by Crippen LogP contribution is 2.32. The molecule has 1 aromatic heterocycles. The van der Waals surface area contributed by atoms with E-state index in [-0.39, 0.29) is 17.3 Å². The summed E-state index contributed by atoms with van der Waals surface area (Å²) in [6.07, 6.45) is 2.85. The molecular weight excluding hydrogens is 384 g/mol. The number of unbranched alkanes of at least 4 members (excludes halogenated alkanes) is 1. The van der Waals surface area contributed by atoms with Crippen LogP contribution in [0.5, 0.6) is 5.88 Å². The first kappa shape index (κ1) is 22.9. The number of amides is 1. The maximum absolute atomic E-state index is 12.9. The van der Waals surface area contributed by atoms with Gasteiger partial charge in [-0.25, -0.2) is 0 Å². The fourth-order valence-electron chi connectivity index (χ4n) is 3.01. The molecule has 0 aliphatic carbocycles. The Labute approximate surface area is 176 Å². The molecule has 0 fully saturated rings. The molecule has 0 saturated carbocycles. The van der Waals surface area contributed by atoms with Crippen molar-refractivity contribution < 1.29 is 9.90 Å². The minimum absolute atomic E-state index is 0.0141. The van der Waals surface area contributed by atoms with Crippen molar-refractivity contribution in [3.05, 3.63) is 46.2 Å². The van der Waals surface area contributed by atoms with Gasteiger partial charge in [0.25, 0.3) is 11.5 Å². The maximum Gasteiger partial charge on any atom is 0.274 e. The monoisotopic (exact) mass is 414 g/mol. The van der Waals surface area contributed by atoms with E-state index >= 15 is 0 Å². The van der Waals surface area contributed by atoms with Crippen molar-refractivity contribution in [2.75, 3.05) is 37.9 Å². The van der Waals surface area contributed by atoms with Crippen molar-refractivity contribution in [1.82, 2.24) is 9.58 Å². The van der Waals surface area contributed by atoms with Crippen LogP contribution in [0.2, 0.25) is 0 Å². The second-order valence-corrected chi connectivity index (χ2v) is 7.17. The lowest BCUT2D eigenvalue weighted by atomic mass is 10.1. The lowest BCUT2D eigenvalue weighted by molar-refractivity contribution is 0.0753. The van der Waals surface area contributed by atoms with Gasteiger partial charge in [0.15, 0.2) is 5.69 Å². The number of rotatable bonds is 9. The molecule has 0 spiro atoms. The molecule has 1 amide bonds. The molecule has 2 rings (SSSR count). The van der Waals surface area contributed by atoms with E-state index in [2.05, 4.69) is 17.2 Å². The molecule has 0 aliphatic rings. The summed E-state index contributed by atoms with van der Waals surface area (Å²) in [6, 6.07) is 8.00. The van der Waals surface area contributed by atoms with Gasteiger partial charge in [-0.05, 0) is 31.0 Å². The lowest BCUT2D eigenvalue weighted by Crippen LogP contribution is -2.35. The topological polar surface area (TPSA) is 117 Å². The zero-order valence-electron chi connectivity index (χ0n) is 18.0. The van der Waals surface area contributed by atoms with E-state index in [4.69, 9.17) is 5.73 Å². The second-order valence-electron chi connectivity index (χ2n) is 7.17. The minimum atomic E-state index is -0.482. The van der Waals surface area contributed by atoms with Crippen LogP contribution in [0.3, 0.4) is 0 Å². The molecule has 0 aliphatic heterocycles. The first-order chi connectivity index (χ1) is 14.3. The van der Waals surface area contributed by atoms with Gasteiger partial charge in [0, 0.05) is 38.8 Å². The molecule has 30 heavy (non-hydrogen) atoms. The van der Waals surface area contributed by atoms with E-state index in [0.717, 1.165) is 23.9 Å². The number of pyridine rings is 1. The van der Waals surface area contributed by atoms with Crippen molar-refractivity contribution in [3.63, 3.8) is 0 Å². The molecule has 1 heterocycles. The van der Waals surface area contributed by atoms with Crippen LogP contribution in [0, 0.1) is 0 Å². The van der Waals surface area contributed by atoms with E-state index < -0.39 is 11.4 Å². The van der Waals surface area contributed by atoms with Crippen molar-refractivity contribution in [2.45, 2.75) is 33.1 Å². The van der Waals surface area contributed by atoms with Crippen LogP contribution >= 0.6 is 0 Å². The van der Waals surface area contributed by atoms with Crippen LogP contribution in [-0.2, 0) is 0 Å². The first-order valence-electron chi connectivity index (χ1n) is 10.0. The van der Waals surface area contributed by atoms with Crippen LogP contribution in [0.15, 0.2) is 45.4 Å². The van der Waals surface area contributed by atoms with E-state index in [1.165, 1.54) is 11.1 Å². The molecule has 0 bridgehead atoms. The number of hydrogen-bond acceptors (Lipinski definition) is 7. The molecule has 0 radical (unpaired) electrons. The van der Waals surface area contributed by atoms with Gasteiger partial charge in [0.05, 0.1) is 11.4 Å². The molecular formula is C21H30N6O3. The molecule has 0 saturated heterocycles. The van der Waals surface area contributed by atoms with Gasteiger partial charge in [0.1, 0.15) is 0 Å². The van der Waals surface area contributed by atoms with Crippen molar-refractivity contribution in [1.29, 1.82) is 0 Å². The number of aromatic hydroxyl groups is 1. The first-order valence-corrected chi connectivity index (χ1v) is 10.0. The average molecular weight is 415 g/mol. The predicted octanol–water partition coefficient (Wildman–Crippen LogP) is 3.40. The maximum atomic E-state index is 12.9. The van der Waals surface area contributed by atoms with Crippen LogP contribution in [0.25, 0.3) is 0 Å². The number of carbonyl (C=O) groups is 1. The lowest BCUT2D eigenvalue weighted by Gasteiger charge is -2.22. The van der Waals surface area contributed by atoms with Gasteiger partial charge in [0.2, 0.25) is 5.88 Å². The van der Waals surface area contributed by atoms with E-state index in [1.807, 2.05) is 11.8 Å². The third kappa shape index (κ3) is 5.37. The van der Waals surface area contributed by atoms with Gasteiger partial charge in [-0.1, -0.05) is 26.3 Å². The molecule has 162 valence electrons. The number of nitrogen functional groups attached to an aromatic ring is 1. The Morgan fingerprint density at radius 3 is 2.50 bits per heavy atom. The Kier molecular flexibility index (Phi) is 7.97. The smallest absolute Gasteiger partial charge is 0.274 e. The molecule has 0 unspecified atom stereocenters. The van der Waals surface area contributed by atoms with Crippen LogP contribution in [-0.4, -0.2) is 47.8 Å². The Bertz CT molecular complexity index is 968. The van der Waals surface area contributed by atoms with Crippen LogP contribution in [0.4, 0.5) is 17.1 Å². The Hall–Kier alpha value is -3.36. The Morgan fingerprint density at radius 1 is 1.13 bits per heavy atom. The van der Waals surface area contributed by atoms with Gasteiger partial charge in [-0.2, -0.15) is 9.79 Å². The van der Waals surface area contributed by atoms with Crippen molar-refractivity contribution in [2.24, 2.45) is 10.2 Å². The normalized spacial score (nSPS) is 11.1. The van der Waals surface area contributed by atoms with Gasteiger partial charge in [-0.15, -0.1) is 5.11 Å². The molecule has 9 nitrogen and oxygen atoms in total. The SMILES string of the molecule is CCCCN(CCC)C(=O)c1cccc(N=Nc2c(N)cc(=O)n(N(C)C)c2O)c1. The quantitative estimate of drug-likeness (QED) is 0.610.